The lowest BCUT2D eigenvalue weighted by molar-refractivity contribution is -0.179. The highest BCUT2D eigenvalue weighted by molar-refractivity contribution is 7.86. The van der Waals surface area contributed by atoms with E-state index >= 15 is 0 Å². The first-order chi connectivity index (χ1) is 19.9. The van der Waals surface area contributed by atoms with E-state index in [-0.39, 0.29) is 11.5 Å². The van der Waals surface area contributed by atoms with Crippen molar-refractivity contribution in [3.8, 4) is 0 Å². The van der Waals surface area contributed by atoms with E-state index in [9.17, 15) is 27.6 Å². The van der Waals surface area contributed by atoms with Gasteiger partial charge in [0.05, 0.1) is 11.5 Å². The van der Waals surface area contributed by atoms with Crippen molar-refractivity contribution < 1.29 is 41.1 Å². The van der Waals surface area contributed by atoms with E-state index in [1.54, 1.807) is 49.4 Å². The molecule has 0 aliphatic carbocycles. The van der Waals surface area contributed by atoms with Crippen LogP contribution in [-0.4, -0.2) is 60.9 Å². The number of benzene rings is 2. The molecule has 0 saturated carbocycles. The quantitative estimate of drug-likeness (QED) is 0.250. The fourth-order valence-electron chi connectivity index (χ4n) is 4.43. The Morgan fingerprint density at radius 2 is 1.67 bits per heavy atom. The van der Waals surface area contributed by atoms with Crippen LogP contribution < -0.4 is 11.2 Å². The Morgan fingerprint density at radius 3 is 2.29 bits per heavy atom. The molecule has 2 aromatic carbocycles. The average Bonchev–Trinajstić information content (AvgIpc) is 3.23. The van der Waals surface area contributed by atoms with Gasteiger partial charge in [-0.05, 0) is 24.6 Å². The predicted octanol–water partition coefficient (Wildman–Crippen LogP) is 1.60. The summed E-state index contributed by atoms with van der Waals surface area (Å²) in [6, 6.07) is 15.9. The molecule has 4 rings (SSSR count). The molecule has 1 aliphatic rings. The first-order valence-corrected chi connectivity index (χ1v) is 14.2. The van der Waals surface area contributed by atoms with Crippen LogP contribution in [0.5, 0.6) is 0 Å². The summed E-state index contributed by atoms with van der Waals surface area (Å²) in [5.74, 6) is -1.49. The third-order valence-electron chi connectivity index (χ3n) is 6.44. The molecule has 42 heavy (non-hydrogen) atoms. The van der Waals surface area contributed by atoms with E-state index in [0.717, 1.165) is 36.2 Å². The normalized spacial score (nSPS) is 22.0. The van der Waals surface area contributed by atoms with Crippen molar-refractivity contribution in [1.82, 2.24) is 9.55 Å². The Bertz CT molecular complexity index is 1630. The molecule has 0 amide bonds. The number of nitrogens with one attached hydrogen (secondary N) is 1. The topological polar surface area (TPSA) is 169 Å². The summed E-state index contributed by atoms with van der Waals surface area (Å²) < 4.78 is 56.0. The lowest BCUT2D eigenvalue weighted by Crippen LogP contribution is -2.53. The van der Waals surface area contributed by atoms with Crippen molar-refractivity contribution in [3.05, 3.63) is 98.8 Å². The number of H-pyrrole nitrogens is 1. The molecule has 0 bridgehead atoms. The fourth-order valence-corrected chi connectivity index (χ4v) is 5.39. The molecule has 1 fully saturated rings. The molecule has 1 saturated heterocycles. The smallest absolute Gasteiger partial charge is 0.330 e. The van der Waals surface area contributed by atoms with Gasteiger partial charge in [-0.15, -0.1) is 0 Å². The van der Waals surface area contributed by atoms with Gasteiger partial charge in [0, 0.05) is 26.1 Å². The average molecular weight is 603 g/mol. The van der Waals surface area contributed by atoms with Crippen LogP contribution >= 0.6 is 0 Å². The number of hydrogen-bond donors (Lipinski definition) is 1. The van der Waals surface area contributed by atoms with Crippen LogP contribution in [-0.2, 0) is 49.4 Å². The van der Waals surface area contributed by atoms with E-state index in [2.05, 4.69) is 4.98 Å². The van der Waals surface area contributed by atoms with Crippen molar-refractivity contribution in [2.24, 2.45) is 0 Å². The monoisotopic (exact) mass is 602 g/mol. The Balaban J connectivity index is 1.80. The summed E-state index contributed by atoms with van der Waals surface area (Å²) in [5.41, 5.74) is -1.97. The number of aromatic nitrogens is 2. The molecular weight excluding hydrogens is 572 g/mol. The van der Waals surface area contributed by atoms with E-state index < -0.39 is 70.6 Å². The number of ether oxygens (including phenoxy) is 4. The molecule has 224 valence electrons. The Morgan fingerprint density at radius 1 is 0.976 bits per heavy atom. The van der Waals surface area contributed by atoms with Gasteiger partial charge in [0.1, 0.15) is 19.3 Å². The third kappa shape index (κ3) is 7.20. The largest absolute Gasteiger partial charge is 0.463 e. The Hall–Kier alpha value is -4.11. The number of carbonyl (C=O) groups is 2. The summed E-state index contributed by atoms with van der Waals surface area (Å²) in [4.78, 5) is 50.7. The van der Waals surface area contributed by atoms with Crippen LogP contribution in [0.15, 0.2) is 81.3 Å². The number of rotatable bonds is 11. The van der Waals surface area contributed by atoms with Gasteiger partial charge in [-0.25, -0.2) is 4.79 Å². The molecule has 0 unspecified atom stereocenters. The third-order valence-corrected chi connectivity index (χ3v) is 7.72. The Kier molecular flexibility index (Phi) is 9.41. The van der Waals surface area contributed by atoms with E-state index in [4.69, 9.17) is 23.1 Å². The maximum Gasteiger partial charge on any atom is 0.330 e. The van der Waals surface area contributed by atoms with Crippen LogP contribution in [0.4, 0.5) is 0 Å². The lowest BCUT2D eigenvalue weighted by Gasteiger charge is -2.33. The van der Waals surface area contributed by atoms with Crippen molar-refractivity contribution in [3.63, 3.8) is 0 Å². The maximum absolute atomic E-state index is 13.2. The number of aromatic amines is 1. The zero-order chi connectivity index (χ0) is 30.5. The van der Waals surface area contributed by atoms with E-state index in [1.165, 1.54) is 12.1 Å². The van der Waals surface area contributed by atoms with Crippen molar-refractivity contribution in [2.75, 3.05) is 13.2 Å². The molecule has 14 heteroatoms. The minimum absolute atomic E-state index is 0.0631. The Labute approximate surface area is 241 Å². The van der Waals surface area contributed by atoms with Gasteiger partial charge in [0.2, 0.25) is 0 Å². The molecule has 3 aromatic rings. The minimum Gasteiger partial charge on any atom is -0.463 e. The van der Waals surface area contributed by atoms with Crippen molar-refractivity contribution in [1.29, 1.82) is 0 Å². The second-order valence-corrected chi connectivity index (χ2v) is 11.3. The first-order valence-electron chi connectivity index (χ1n) is 12.8. The van der Waals surface area contributed by atoms with Gasteiger partial charge in [-0.1, -0.05) is 48.0 Å². The second kappa shape index (κ2) is 12.8. The molecule has 0 radical (unpaired) electrons. The van der Waals surface area contributed by atoms with E-state index in [0.29, 0.717) is 5.56 Å². The van der Waals surface area contributed by atoms with Gasteiger partial charge >= 0.3 is 17.6 Å². The molecule has 1 N–H and O–H groups in total. The van der Waals surface area contributed by atoms with Gasteiger partial charge < -0.3 is 18.9 Å². The van der Waals surface area contributed by atoms with Crippen LogP contribution in [0.3, 0.4) is 0 Å². The van der Waals surface area contributed by atoms with Crippen molar-refractivity contribution in [2.45, 2.75) is 56.3 Å². The standard InChI is InChI=1S/C28H30N2O11S/c1-18-9-11-22(12-10-18)42(35,36)39-17-28(16-38-19(2)31)25(37-15-21-7-5-4-6-8-21)24(40-20(3)32)26(41-28)30-14-13-23(33)29-27(30)34/h4-14,24-26H,15-17H2,1-3H3,(H,29,33,34)/t24-,25+,26-,28+/m1/s1. The van der Waals surface area contributed by atoms with Crippen LogP contribution in [0, 0.1) is 6.92 Å². The van der Waals surface area contributed by atoms with Gasteiger partial charge in [0.25, 0.3) is 15.7 Å². The SMILES string of the molecule is CC(=O)OC[C@@]1(COS(=O)(=O)c2ccc(C)cc2)O[C@@H](n2ccc(=O)[nH]c2=O)[C@H](OC(C)=O)[C@@H]1OCc1ccccc1. The number of aryl methyl sites for hydroxylation is 1. The number of carbonyl (C=O) groups excluding carboxylic acids is 2. The zero-order valence-electron chi connectivity index (χ0n) is 23.1. The predicted molar refractivity (Wildman–Crippen MR) is 146 cm³/mol. The highest BCUT2D eigenvalue weighted by Crippen LogP contribution is 2.42. The number of esters is 2. The van der Waals surface area contributed by atoms with Crippen molar-refractivity contribution >= 4 is 22.1 Å². The molecule has 0 spiro atoms. The summed E-state index contributed by atoms with van der Waals surface area (Å²) in [7, 11) is -4.37. The molecule has 13 nitrogen and oxygen atoms in total. The summed E-state index contributed by atoms with van der Waals surface area (Å²) in [6.07, 6.45) is -3.03. The maximum atomic E-state index is 13.2. The highest BCUT2D eigenvalue weighted by Gasteiger charge is 2.60. The van der Waals surface area contributed by atoms with Crippen LogP contribution in [0.25, 0.3) is 0 Å². The summed E-state index contributed by atoms with van der Waals surface area (Å²) >= 11 is 0. The summed E-state index contributed by atoms with van der Waals surface area (Å²) in [5, 5.41) is 0. The molecule has 1 aromatic heterocycles. The minimum atomic E-state index is -4.37. The lowest BCUT2D eigenvalue weighted by atomic mass is 9.96. The number of nitrogens with zero attached hydrogens (tertiary/aromatic N) is 1. The van der Waals surface area contributed by atoms with Gasteiger partial charge in [-0.2, -0.15) is 8.42 Å². The van der Waals surface area contributed by atoms with E-state index in [1.807, 2.05) is 0 Å². The number of hydrogen-bond acceptors (Lipinski definition) is 11. The molecule has 4 atom stereocenters. The molecular formula is C28H30N2O11S. The first kappa shape index (κ1) is 30.8. The van der Waals surface area contributed by atoms with Gasteiger partial charge in [-0.3, -0.25) is 28.1 Å². The van der Waals surface area contributed by atoms with Crippen LogP contribution in [0.2, 0.25) is 0 Å². The fraction of sp³-hybridized carbons (Fsp3) is 0.357. The highest BCUT2D eigenvalue weighted by atomic mass is 32.2. The summed E-state index contributed by atoms with van der Waals surface area (Å²) in [6.45, 7) is 2.64. The zero-order valence-corrected chi connectivity index (χ0v) is 23.9. The molecule has 2 heterocycles. The van der Waals surface area contributed by atoms with Crippen LogP contribution in [0.1, 0.15) is 31.2 Å². The van der Waals surface area contributed by atoms with Gasteiger partial charge in [0.15, 0.2) is 17.9 Å². The second-order valence-electron chi connectivity index (χ2n) is 9.69. The molecule has 1 aliphatic heterocycles.